The molecule has 0 spiro atoms. The minimum Gasteiger partial charge on any atom is -0.364 e. The van der Waals surface area contributed by atoms with E-state index in [4.69, 9.17) is 4.52 Å². The molecule has 1 saturated heterocycles. The fourth-order valence-electron chi connectivity index (χ4n) is 2.27. The van der Waals surface area contributed by atoms with Crippen LogP contribution in [0.15, 0.2) is 21.8 Å². The second-order valence-corrected chi connectivity index (χ2v) is 4.77. The molecule has 120 valence electrons. The summed E-state index contributed by atoms with van der Waals surface area (Å²) in [4.78, 5) is 8.79. The maximum atomic E-state index is 12.1. The van der Waals surface area contributed by atoms with Crippen LogP contribution in [0, 0.1) is 0 Å². The van der Waals surface area contributed by atoms with Gasteiger partial charge in [0.2, 0.25) is 0 Å². The Morgan fingerprint density at radius 1 is 1.43 bits per heavy atom. The number of piperazine rings is 1. The van der Waals surface area contributed by atoms with Crippen LogP contribution in [0.2, 0.25) is 0 Å². The van der Waals surface area contributed by atoms with Crippen LogP contribution in [0.4, 0.5) is 4.39 Å². The standard InChI is InChI=1S/C13H22FN5O.HI/c1-15-13(16-5-2-4-14)19-8-6-18(7-9-19)11-12-3-10-20-17-12;/h3,10H,2,4-9,11H2,1H3,(H,15,16);1H. The molecule has 0 amide bonds. The average Bonchev–Trinajstić information content (AvgIpc) is 2.98. The van der Waals surface area contributed by atoms with Gasteiger partial charge in [-0.3, -0.25) is 14.3 Å². The fraction of sp³-hybridized carbons (Fsp3) is 0.692. The summed E-state index contributed by atoms with van der Waals surface area (Å²) < 4.78 is 16.9. The predicted octanol–water partition coefficient (Wildman–Crippen LogP) is 1.35. The van der Waals surface area contributed by atoms with Gasteiger partial charge in [-0.1, -0.05) is 5.16 Å². The molecule has 8 heteroatoms. The first kappa shape index (κ1) is 18.1. The molecule has 0 bridgehead atoms. The van der Waals surface area contributed by atoms with E-state index in [1.807, 2.05) is 6.07 Å². The molecule has 1 N–H and O–H groups in total. The molecule has 0 radical (unpaired) electrons. The van der Waals surface area contributed by atoms with Crippen molar-refractivity contribution in [1.29, 1.82) is 0 Å². The Balaban J connectivity index is 0.00000220. The number of halogens is 2. The van der Waals surface area contributed by atoms with Crippen LogP contribution in [0.25, 0.3) is 0 Å². The fourth-order valence-corrected chi connectivity index (χ4v) is 2.27. The van der Waals surface area contributed by atoms with Gasteiger partial charge >= 0.3 is 0 Å². The maximum Gasteiger partial charge on any atom is 0.193 e. The van der Waals surface area contributed by atoms with E-state index >= 15 is 0 Å². The van der Waals surface area contributed by atoms with Crippen molar-refractivity contribution in [3.05, 3.63) is 18.0 Å². The van der Waals surface area contributed by atoms with Gasteiger partial charge in [-0.2, -0.15) is 0 Å². The Bertz CT molecular complexity index is 407. The number of guanidine groups is 1. The molecule has 1 aliphatic heterocycles. The molecule has 0 atom stereocenters. The van der Waals surface area contributed by atoms with Crippen LogP contribution in [0.1, 0.15) is 12.1 Å². The largest absolute Gasteiger partial charge is 0.364 e. The molecule has 1 fully saturated rings. The molecular formula is C13H23FIN5O. The minimum atomic E-state index is -0.296. The smallest absolute Gasteiger partial charge is 0.193 e. The lowest BCUT2D eigenvalue weighted by Crippen LogP contribution is -2.52. The molecule has 2 rings (SSSR count). The van der Waals surface area contributed by atoms with Crippen LogP contribution in [-0.2, 0) is 6.54 Å². The van der Waals surface area contributed by atoms with Crippen LogP contribution in [0.3, 0.4) is 0 Å². The van der Waals surface area contributed by atoms with E-state index in [0.717, 1.165) is 44.4 Å². The monoisotopic (exact) mass is 411 g/mol. The second-order valence-electron chi connectivity index (χ2n) is 4.77. The van der Waals surface area contributed by atoms with E-state index in [1.165, 1.54) is 0 Å². The number of alkyl halides is 1. The van der Waals surface area contributed by atoms with Crippen molar-refractivity contribution in [2.24, 2.45) is 4.99 Å². The summed E-state index contributed by atoms with van der Waals surface area (Å²) in [6.07, 6.45) is 2.12. The highest BCUT2D eigenvalue weighted by Crippen LogP contribution is 2.07. The zero-order chi connectivity index (χ0) is 14.2. The molecule has 0 aromatic carbocycles. The Morgan fingerprint density at radius 2 is 2.19 bits per heavy atom. The van der Waals surface area contributed by atoms with Crippen molar-refractivity contribution in [1.82, 2.24) is 20.3 Å². The van der Waals surface area contributed by atoms with Crippen molar-refractivity contribution in [3.63, 3.8) is 0 Å². The molecule has 1 aromatic heterocycles. The summed E-state index contributed by atoms with van der Waals surface area (Å²) in [5, 5.41) is 7.12. The summed E-state index contributed by atoms with van der Waals surface area (Å²) in [6.45, 7) is 4.88. The minimum absolute atomic E-state index is 0. The molecule has 6 nitrogen and oxygen atoms in total. The first-order chi connectivity index (χ1) is 9.83. The van der Waals surface area contributed by atoms with Gasteiger partial charge in [-0.05, 0) is 6.42 Å². The van der Waals surface area contributed by atoms with Crippen LogP contribution in [0.5, 0.6) is 0 Å². The lowest BCUT2D eigenvalue weighted by molar-refractivity contribution is 0.169. The Kier molecular flexibility index (Phi) is 8.58. The Hall–Kier alpha value is -0.900. The second kappa shape index (κ2) is 9.93. The third-order valence-electron chi connectivity index (χ3n) is 3.35. The third kappa shape index (κ3) is 5.77. The first-order valence-electron chi connectivity index (χ1n) is 6.96. The van der Waals surface area contributed by atoms with E-state index in [1.54, 1.807) is 13.3 Å². The summed E-state index contributed by atoms with van der Waals surface area (Å²) >= 11 is 0. The van der Waals surface area contributed by atoms with Crippen molar-refractivity contribution in [3.8, 4) is 0 Å². The van der Waals surface area contributed by atoms with Gasteiger partial charge in [0.05, 0.1) is 12.4 Å². The SMILES string of the molecule is CN=C(NCCCF)N1CCN(Cc2ccon2)CC1.I. The summed E-state index contributed by atoms with van der Waals surface area (Å²) in [5.74, 6) is 0.861. The molecule has 0 saturated carbocycles. The molecule has 0 unspecified atom stereocenters. The number of aliphatic imine (C=N–C) groups is 1. The number of nitrogens with one attached hydrogen (secondary N) is 1. The van der Waals surface area contributed by atoms with Crippen LogP contribution >= 0.6 is 24.0 Å². The molecule has 1 aromatic rings. The molecule has 1 aliphatic rings. The van der Waals surface area contributed by atoms with Gasteiger partial charge < -0.3 is 14.7 Å². The highest BCUT2D eigenvalue weighted by molar-refractivity contribution is 14.0. The number of hydrogen-bond acceptors (Lipinski definition) is 4. The molecule has 2 heterocycles. The highest BCUT2D eigenvalue weighted by atomic mass is 127. The van der Waals surface area contributed by atoms with E-state index in [9.17, 15) is 4.39 Å². The predicted molar refractivity (Wildman–Crippen MR) is 90.7 cm³/mol. The quantitative estimate of drug-likeness (QED) is 0.343. The average molecular weight is 411 g/mol. The third-order valence-corrected chi connectivity index (χ3v) is 3.35. The summed E-state index contributed by atoms with van der Waals surface area (Å²) in [5.41, 5.74) is 0.962. The normalized spacial score (nSPS) is 16.7. The number of nitrogens with zero attached hydrogens (tertiary/aromatic N) is 4. The van der Waals surface area contributed by atoms with Crippen molar-refractivity contribution < 1.29 is 8.91 Å². The Labute approximate surface area is 141 Å². The van der Waals surface area contributed by atoms with Crippen molar-refractivity contribution in [2.75, 3.05) is 46.4 Å². The summed E-state index contributed by atoms with van der Waals surface area (Å²) in [6, 6.07) is 1.89. The van der Waals surface area contributed by atoms with E-state index in [2.05, 4.69) is 25.3 Å². The van der Waals surface area contributed by atoms with Gasteiger partial charge in [-0.25, -0.2) is 0 Å². The zero-order valence-electron chi connectivity index (χ0n) is 12.3. The lowest BCUT2D eigenvalue weighted by atomic mass is 10.3. The molecule has 0 aliphatic carbocycles. The highest BCUT2D eigenvalue weighted by Gasteiger charge is 2.19. The zero-order valence-corrected chi connectivity index (χ0v) is 14.6. The molecular weight excluding hydrogens is 388 g/mol. The van der Waals surface area contributed by atoms with E-state index in [-0.39, 0.29) is 30.7 Å². The number of rotatable bonds is 5. The molecule has 21 heavy (non-hydrogen) atoms. The lowest BCUT2D eigenvalue weighted by Gasteiger charge is -2.36. The first-order valence-corrected chi connectivity index (χ1v) is 6.96. The number of hydrogen-bond donors (Lipinski definition) is 1. The van der Waals surface area contributed by atoms with Gasteiger partial charge in [-0.15, -0.1) is 24.0 Å². The van der Waals surface area contributed by atoms with Gasteiger partial charge in [0.1, 0.15) is 6.26 Å². The maximum absolute atomic E-state index is 12.1. The summed E-state index contributed by atoms with van der Waals surface area (Å²) in [7, 11) is 1.76. The van der Waals surface area contributed by atoms with Crippen molar-refractivity contribution in [2.45, 2.75) is 13.0 Å². The topological polar surface area (TPSA) is 56.9 Å². The van der Waals surface area contributed by atoms with Crippen molar-refractivity contribution >= 4 is 29.9 Å². The van der Waals surface area contributed by atoms with Crippen LogP contribution < -0.4 is 5.32 Å². The van der Waals surface area contributed by atoms with Gasteiger partial charge in [0.25, 0.3) is 0 Å². The van der Waals surface area contributed by atoms with E-state index < -0.39 is 0 Å². The number of aromatic nitrogens is 1. The van der Waals surface area contributed by atoms with Crippen LogP contribution in [-0.4, -0.2) is 67.4 Å². The van der Waals surface area contributed by atoms with E-state index in [0.29, 0.717) is 13.0 Å². The Morgan fingerprint density at radius 3 is 2.76 bits per heavy atom. The van der Waals surface area contributed by atoms with Gasteiger partial charge in [0, 0.05) is 52.4 Å². The van der Waals surface area contributed by atoms with Gasteiger partial charge in [0.15, 0.2) is 5.96 Å².